The van der Waals surface area contributed by atoms with Gasteiger partial charge in [-0.05, 0) is 57.0 Å². The highest BCUT2D eigenvalue weighted by Crippen LogP contribution is 2.28. The minimum absolute atomic E-state index is 0.0397. The van der Waals surface area contributed by atoms with Gasteiger partial charge in [0.2, 0.25) is 0 Å². The van der Waals surface area contributed by atoms with Gasteiger partial charge in [-0.2, -0.15) is 0 Å². The second-order valence-corrected chi connectivity index (χ2v) is 5.40. The smallest absolute Gasteiger partial charge is 0.122 e. The van der Waals surface area contributed by atoms with Crippen LogP contribution in [-0.2, 0) is 6.42 Å². The van der Waals surface area contributed by atoms with Crippen LogP contribution in [0.5, 0.6) is 11.5 Å². The van der Waals surface area contributed by atoms with Gasteiger partial charge < -0.3 is 20.5 Å². The van der Waals surface area contributed by atoms with E-state index in [0.29, 0.717) is 6.54 Å². The molecule has 0 amide bonds. The minimum atomic E-state index is -0.0397. The predicted molar refractivity (Wildman–Crippen MR) is 79.1 cm³/mol. The standard InChI is InChI=1S/C15H26N2O2/c1-11-8-14(19-5)12(9-13(11)18-4)6-7-17-15(2,3)10-16/h8-9,17H,6-7,10,16H2,1-5H3. The number of methoxy groups -OCH3 is 2. The van der Waals surface area contributed by atoms with Crippen molar-refractivity contribution in [3.63, 3.8) is 0 Å². The Balaban J connectivity index is 2.77. The van der Waals surface area contributed by atoms with Crippen molar-refractivity contribution >= 4 is 0 Å². The fourth-order valence-corrected chi connectivity index (χ4v) is 1.92. The van der Waals surface area contributed by atoms with Crippen molar-refractivity contribution in [3.05, 3.63) is 23.3 Å². The summed E-state index contributed by atoms with van der Waals surface area (Å²) in [5, 5.41) is 3.44. The Morgan fingerprint density at radius 2 is 1.79 bits per heavy atom. The fourth-order valence-electron chi connectivity index (χ4n) is 1.92. The maximum absolute atomic E-state index is 5.70. The first-order valence-electron chi connectivity index (χ1n) is 6.60. The fraction of sp³-hybridized carbons (Fsp3) is 0.600. The topological polar surface area (TPSA) is 56.5 Å². The summed E-state index contributed by atoms with van der Waals surface area (Å²) >= 11 is 0. The van der Waals surface area contributed by atoms with E-state index in [1.807, 2.05) is 19.1 Å². The number of hydrogen-bond donors (Lipinski definition) is 2. The van der Waals surface area contributed by atoms with Gasteiger partial charge in [-0.1, -0.05) is 0 Å². The third-order valence-corrected chi connectivity index (χ3v) is 3.31. The zero-order chi connectivity index (χ0) is 14.5. The largest absolute Gasteiger partial charge is 0.496 e. The number of ether oxygens (including phenoxy) is 2. The zero-order valence-corrected chi connectivity index (χ0v) is 12.7. The third kappa shape index (κ3) is 4.40. The summed E-state index contributed by atoms with van der Waals surface area (Å²) in [5.74, 6) is 1.81. The maximum Gasteiger partial charge on any atom is 0.122 e. The molecule has 0 atom stereocenters. The first-order valence-corrected chi connectivity index (χ1v) is 6.60. The maximum atomic E-state index is 5.70. The minimum Gasteiger partial charge on any atom is -0.496 e. The monoisotopic (exact) mass is 266 g/mol. The van der Waals surface area contributed by atoms with Gasteiger partial charge in [0.1, 0.15) is 11.5 Å². The first kappa shape index (κ1) is 15.8. The molecule has 0 radical (unpaired) electrons. The normalized spacial score (nSPS) is 11.5. The number of benzene rings is 1. The van der Waals surface area contributed by atoms with Crippen molar-refractivity contribution in [1.29, 1.82) is 0 Å². The Morgan fingerprint density at radius 1 is 1.16 bits per heavy atom. The Morgan fingerprint density at radius 3 is 2.32 bits per heavy atom. The molecule has 4 nitrogen and oxygen atoms in total. The number of nitrogens with one attached hydrogen (secondary N) is 1. The van der Waals surface area contributed by atoms with Crippen molar-refractivity contribution in [2.45, 2.75) is 32.7 Å². The van der Waals surface area contributed by atoms with Crippen LogP contribution in [0.1, 0.15) is 25.0 Å². The first-order chi connectivity index (χ1) is 8.93. The molecule has 0 aliphatic carbocycles. The van der Waals surface area contributed by atoms with Crippen LogP contribution in [0.2, 0.25) is 0 Å². The van der Waals surface area contributed by atoms with Gasteiger partial charge in [0.05, 0.1) is 14.2 Å². The molecule has 1 aromatic carbocycles. The molecule has 0 bridgehead atoms. The van der Waals surface area contributed by atoms with Crippen LogP contribution < -0.4 is 20.5 Å². The summed E-state index contributed by atoms with van der Waals surface area (Å²) in [6.45, 7) is 7.68. The van der Waals surface area contributed by atoms with Gasteiger partial charge >= 0.3 is 0 Å². The molecule has 3 N–H and O–H groups in total. The average molecular weight is 266 g/mol. The number of hydrogen-bond acceptors (Lipinski definition) is 4. The Bertz CT molecular complexity index is 417. The molecule has 0 aromatic heterocycles. The molecule has 1 rings (SSSR count). The van der Waals surface area contributed by atoms with Crippen LogP contribution in [0.15, 0.2) is 12.1 Å². The lowest BCUT2D eigenvalue weighted by molar-refractivity contribution is 0.386. The van der Waals surface area contributed by atoms with Gasteiger partial charge in [0.15, 0.2) is 0 Å². The average Bonchev–Trinajstić information content (AvgIpc) is 2.39. The van der Waals surface area contributed by atoms with Crippen molar-refractivity contribution in [1.82, 2.24) is 5.32 Å². The molecule has 4 heteroatoms. The highest BCUT2D eigenvalue weighted by Gasteiger charge is 2.14. The SMILES string of the molecule is COc1cc(CCNC(C)(C)CN)c(OC)cc1C. The molecular weight excluding hydrogens is 240 g/mol. The Kier molecular flexibility index (Phi) is 5.63. The van der Waals surface area contributed by atoms with E-state index in [0.717, 1.165) is 35.6 Å². The van der Waals surface area contributed by atoms with E-state index in [-0.39, 0.29) is 5.54 Å². The molecule has 0 saturated heterocycles. The molecule has 0 spiro atoms. The molecule has 0 saturated carbocycles. The van der Waals surface area contributed by atoms with Gasteiger partial charge in [0.25, 0.3) is 0 Å². The quantitative estimate of drug-likeness (QED) is 0.791. The van der Waals surface area contributed by atoms with E-state index < -0.39 is 0 Å². The number of nitrogens with two attached hydrogens (primary N) is 1. The zero-order valence-electron chi connectivity index (χ0n) is 12.7. The molecule has 0 aliphatic rings. The van der Waals surface area contributed by atoms with Crippen LogP contribution in [0.3, 0.4) is 0 Å². The van der Waals surface area contributed by atoms with Crippen LogP contribution in [-0.4, -0.2) is 32.8 Å². The lowest BCUT2D eigenvalue weighted by Crippen LogP contribution is -2.46. The van der Waals surface area contributed by atoms with Crippen LogP contribution in [0, 0.1) is 6.92 Å². The Hall–Kier alpha value is -1.26. The lowest BCUT2D eigenvalue weighted by Gasteiger charge is -2.24. The number of rotatable bonds is 7. The number of aryl methyl sites for hydroxylation is 1. The second-order valence-electron chi connectivity index (χ2n) is 5.40. The van der Waals surface area contributed by atoms with E-state index in [4.69, 9.17) is 15.2 Å². The molecule has 19 heavy (non-hydrogen) atoms. The summed E-state index contributed by atoms with van der Waals surface area (Å²) in [7, 11) is 3.39. The van der Waals surface area contributed by atoms with Crippen LogP contribution >= 0.6 is 0 Å². The predicted octanol–water partition coefficient (Wildman–Crippen LogP) is 1.88. The third-order valence-electron chi connectivity index (χ3n) is 3.31. The van der Waals surface area contributed by atoms with E-state index in [2.05, 4.69) is 19.2 Å². The summed E-state index contributed by atoms with van der Waals surface area (Å²) in [6.07, 6.45) is 0.878. The van der Waals surface area contributed by atoms with Gasteiger partial charge in [-0.25, -0.2) is 0 Å². The van der Waals surface area contributed by atoms with E-state index in [1.165, 1.54) is 0 Å². The molecule has 108 valence electrons. The molecule has 0 unspecified atom stereocenters. The second kappa shape index (κ2) is 6.78. The summed E-state index contributed by atoms with van der Waals surface area (Å²) in [4.78, 5) is 0. The molecule has 0 aliphatic heterocycles. The van der Waals surface area contributed by atoms with Crippen molar-refractivity contribution in [2.24, 2.45) is 5.73 Å². The molecular formula is C15H26N2O2. The van der Waals surface area contributed by atoms with Gasteiger partial charge in [0, 0.05) is 12.1 Å². The van der Waals surface area contributed by atoms with Crippen LogP contribution in [0.25, 0.3) is 0 Å². The molecule has 1 aromatic rings. The van der Waals surface area contributed by atoms with Crippen molar-refractivity contribution in [2.75, 3.05) is 27.3 Å². The highest BCUT2D eigenvalue weighted by atomic mass is 16.5. The Labute approximate surface area is 116 Å². The lowest BCUT2D eigenvalue weighted by atomic mass is 10.0. The van der Waals surface area contributed by atoms with Gasteiger partial charge in [-0.15, -0.1) is 0 Å². The summed E-state index contributed by atoms with van der Waals surface area (Å²) < 4.78 is 10.8. The van der Waals surface area contributed by atoms with Crippen LogP contribution in [0.4, 0.5) is 0 Å². The summed E-state index contributed by atoms with van der Waals surface area (Å²) in [5.41, 5.74) is 7.89. The van der Waals surface area contributed by atoms with E-state index >= 15 is 0 Å². The molecule has 0 fully saturated rings. The van der Waals surface area contributed by atoms with Crippen molar-refractivity contribution in [3.8, 4) is 11.5 Å². The highest BCUT2D eigenvalue weighted by molar-refractivity contribution is 5.46. The van der Waals surface area contributed by atoms with Gasteiger partial charge in [-0.3, -0.25) is 0 Å². The van der Waals surface area contributed by atoms with Crippen molar-refractivity contribution < 1.29 is 9.47 Å². The van der Waals surface area contributed by atoms with E-state index in [1.54, 1.807) is 14.2 Å². The molecule has 0 heterocycles. The van der Waals surface area contributed by atoms with E-state index in [9.17, 15) is 0 Å². The summed E-state index contributed by atoms with van der Waals surface area (Å²) in [6, 6.07) is 4.06.